The van der Waals surface area contributed by atoms with E-state index in [0.29, 0.717) is 25.3 Å². The van der Waals surface area contributed by atoms with Crippen LogP contribution in [0.2, 0.25) is 0 Å². The van der Waals surface area contributed by atoms with E-state index in [2.05, 4.69) is 10.3 Å². The zero-order valence-electron chi connectivity index (χ0n) is 15.5. The van der Waals surface area contributed by atoms with Crippen LogP contribution in [-0.4, -0.2) is 43.2 Å². The van der Waals surface area contributed by atoms with E-state index < -0.39 is 0 Å². The summed E-state index contributed by atoms with van der Waals surface area (Å²) in [5.74, 6) is 1.11. The van der Waals surface area contributed by atoms with Crippen molar-refractivity contribution in [3.63, 3.8) is 0 Å². The van der Waals surface area contributed by atoms with E-state index in [0.717, 1.165) is 23.6 Å². The number of hydrogen-bond acceptors (Lipinski definition) is 3. The number of methoxy groups -OCH3 is 1. The Balaban J connectivity index is 2.04. The van der Waals surface area contributed by atoms with Crippen LogP contribution in [0.25, 0.3) is 0 Å². The standard InChI is InChI=1S/C20H26FN3O2/c1-4-22-20(24(2)14-15-7-5-9-17(21)13-15)23-12-11-16-8-6-10-18(26-3)19(16)25/h5-10,13,25H,4,11-12,14H2,1-3H3,(H,22,23). The van der Waals surface area contributed by atoms with Gasteiger partial charge in [-0.1, -0.05) is 24.3 Å². The Kier molecular flexibility index (Phi) is 7.26. The number of hydrogen-bond donors (Lipinski definition) is 2. The summed E-state index contributed by atoms with van der Waals surface area (Å²) in [4.78, 5) is 6.56. The highest BCUT2D eigenvalue weighted by atomic mass is 19.1. The van der Waals surface area contributed by atoms with E-state index in [9.17, 15) is 9.50 Å². The van der Waals surface area contributed by atoms with Gasteiger partial charge in [-0.25, -0.2) is 4.39 Å². The predicted molar refractivity (Wildman–Crippen MR) is 102 cm³/mol. The molecular formula is C20H26FN3O2. The van der Waals surface area contributed by atoms with Crippen molar-refractivity contribution in [2.75, 3.05) is 27.2 Å². The molecule has 0 unspecified atom stereocenters. The van der Waals surface area contributed by atoms with E-state index in [1.165, 1.54) is 19.2 Å². The Morgan fingerprint density at radius 1 is 1.27 bits per heavy atom. The lowest BCUT2D eigenvalue weighted by Gasteiger charge is -2.22. The summed E-state index contributed by atoms with van der Waals surface area (Å²) >= 11 is 0. The number of aromatic hydroxyl groups is 1. The number of nitrogens with zero attached hydrogens (tertiary/aromatic N) is 2. The maximum absolute atomic E-state index is 13.4. The number of nitrogens with one attached hydrogen (secondary N) is 1. The maximum Gasteiger partial charge on any atom is 0.193 e. The fourth-order valence-corrected chi connectivity index (χ4v) is 2.67. The lowest BCUT2D eigenvalue weighted by molar-refractivity contribution is 0.370. The molecule has 6 heteroatoms. The predicted octanol–water partition coefficient (Wildman–Crippen LogP) is 3.18. The second kappa shape index (κ2) is 9.65. The Hall–Kier alpha value is -2.76. The highest BCUT2D eigenvalue weighted by Gasteiger charge is 2.09. The van der Waals surface area contributed by atoms with Crippen molar-refractivity contribution in [2.45, 2.75) is 19.9 Å². The van der Waals surface area contributed by atoms with Gasteiger partial charge in [0.05, 0.1) is 7.11 Å². The van der Waals surface area contributed by atoms with Crippen LogP contribution in [0.4, 0.5) is 4.39 Å². The van der Waals surface area contributed by atoms with Gasteiger partial charge in [0.15, 0.2) is 17.5 Å². The van der Waals surface area contributed by atoms with Crippen molar-refractivity contribution in [3.05, 3.63) is 59.4 Å². The first kappa shape index (κ1) is 19.6. The van der Waals surface area contributed by atoms with Gasteiger partial charge in [-0.15, -0.1) is 0 Å². The number of guanidine groups is 1. The lowest BCUT2D eigenvalue weighted by Crippen LogP contribution is -2.38. The Morgan fingerprint density at radius 2 is 2.04 bits per heavy atom. The average molecular weight is 359 g/mol. The van der Waals surface area contributed by atoms with E-state index in [4.69, 9.17) is 4.74 Å². The third-order valence-corrected chi connectivity index (χ3v) is 3.95. The first-order chi connectivity index (χ1) is 12.5. The number of phenols is 1. The zero-order valence-corrected chi connectivity index (χ0v) is 15.5. The summed E-state index contributed by atoms with van der Waals surface area (Å²) in [5, 5.41) is 13.4. The molecule has 2 rings (SSSR count). The number of aliphatic imine (C=N–C) groups is 1. The minimum Gasteiger partial charge on any atom is -0.504 e. The van der Waals surface area contributed by atoms with E-state index in [-0.39, 0.29) is 11.6 Å². The van der Waals surface area contributed by atoms with Crippen LogP contribution in [0, 0.1) is 5.82 Å². The highest BCUT2D eigenvalue weighted by molar-refractivity contribution is 5.79. The molecule has 26 heavy (non-hydrogen) atoms. The largest absolute Gasteiger partial charge is 0.504 e. The number of ether oxygens (including phenoxy) is 1. The van der Waals surface area contributed by atoms with Crippen molar-refractivity contribution in [1.82, 2.24) is 10.2 Å². The third-order valence-electron chi connectivity index (χ3n) is 3.95. The van der Waals surface area contributed by atoms with Crippen molar-refractivity contribution in [1.29, 1.82) is 0 Å². The normalized spacial score (nSPS) is 11.3. The molecule has 5 nitrogen and oxygen atoms in total. The van der Waals surface area contributed by atoms with Gasteiger partial charge in [-0.3, -0.25) is 4.99 Å². The molecule has 0 aliphatic rings. The van der Waals surface area contributed by atoms with Gasteiger partial charge in [-0.2, -0.15) is 0 Å². The van der Waals surface area contributed by atoms with Crippen LogP contribution in [0.1, 0.15) is 18.1 Å². The lowest BCUT2D eigenvalue weighted by atomic mass is 10.1. The second-order valence-electron chi connectivity index (χ2n) is 5.94. The van der Waals surface area contributed by atoms with Crippen LogP contribution >= 0.6 is 0 Å². The number of halogens is 1. The van der Waals surface area contributed by atoms with Crippen molar-refractivity contribution in [2.24, 2.45) is 4.99 Å². The summed E-state index contributed by atoms with van der Waals surface area (Å²) in [6.07, 6.45) is 0.589. The first-order valence-corrected chi connectivity index (χ1v) is 8.63. The van der Waals surface area contributed by atoms with Crippen molar-refractivity contribution >= 4 is 5.96 Å². The molecule has 2 aromatic rings. The van der Waals surface area contributed by atoms with Gasteiger partial charge >= 0.3 is 0 Å². The quantitative estimate of drug-likeness (QED) is 0.589. The van der Waals surface area contributed by atoms with Gasteiger partial charge < -0.3 is 20.1 Å². The summed E-state index contributed by atoms with van der Waals surface area (Å²) in [7, 11) is 3.44. The van der Waals surface area contributed by atoms with Gasteiger partial charge in [0.1, 0.15) is 5.82 Å². The zero-order chi connectivity index (χ0) is 18.9. The molecule has 2 N–H and O–H groups in total. The van der Waals surface area contributed by atoms with Crippen molar-refractivity contribution < 1.29 is 14.2 Å². The fraction of sp³-hybridized carbons (Fsp3) is 0.350. The Bertz CT molecular complexity index is 750. The highest BCUT2D eigenvalue weighted by Crippen LogP contribution is 2.29. The Morgan fingerprint density at radius 3 is 2.73 bits per heavy atom. The molecular weight excluding hydrogens is 333 g/mol. The number of rotatable bonds is 7. The summed E-state index contributed by atoms with van der Waals surface area (Å²) in [6.45, 7) is 3.79. The minimum atomic E-state index is -0.244. The van der Waals surface area contributed by atoms with E-state index >= 15 is 0 Å². The third kappa shape index (κ3) is 5.37. The molecule has 0 atom stereocenters. The summed E-state index contributed by atoms with van der Waals surface area (Å²) < 4.78 is 18.5. The molecule has 0 saturated heterocycles. The molecule has 0 radical (unpaired) electrons. The molecule has 0 heterocycles. The Labute approximate surface area is 154 Å². The van der Waals surface area contributed by atoms with Crippen LogP contribution < -0.4 is 10.1 Å². The molecule has 0 spiro atoms. The van der Waals surface area contributed by atoms with Crippen LogP contribution in [0.5, 0.6) is 11.5 Å². The van der Waals surface area contributed by atoms with Gasteiger partial charge in [-0.05, 0) is 42.7 Å². The topological polar surface area (TPSA) is 57.1 Å². The molecule has 0 saturated carbocycles. The molecule has 2 aromatic carbocycles. The second-order valence-corrected chi connectivity index (χ2v) is 5.94. The molecule has 0 amide bonds. The van der Waals surface area contributed by atoms with Crippen LogP contribution in [0.3, 0.4) is 0 Å². The fourth-order valence-electron chi connectivity index (χ4n) is 2.67. The number of phenolic OH excluding ortho intramolecular Hbond substituents is 1. The number of para-hydroxylation sites is 1. The maximum atomic E-state index is 13.4. The average Bonchev–Trinajstić information content (AvgIpc) is 2.62. The van der Waals surface area contributed by atoms with Gasteiger partial charge in [0.2, 0.25) is 0 Å². The van der Waals surface area contributed by atoms with Gasteiger partial charge in [0, 0.05) is 26.7 Å². The molecule has 140 valence electrons. The van der Waals surface area contributed by atoms with Crippen molar-refractivity contribution in [3.8, 4) is 11.5 Å². The van der Waals surface area contributed by atoms with E-state index in [1.807, 2.05) is 37.1 Å². The van der Waals surface area contributed by atoms with E-state index in [1.54, 1.807) is 12.1 Å². The molecule has 0 aromatic heterocycles. The summed E-state index contributed by atoms with van der Waals surface area (Å²) in [6, 6.07) is 12.0. The van der Waals surface area contributed by atoms with Crippen LogP contribution in [0.15, 0.2) is 47.5 Å². The molecule has 0 aliphatic carbocycles. The minimum absolute atomic E-state index is 0.156. The number of benzene rings is 2. The monoisotopic (exact) mass is 359 g/mol. The molecule has 0 aliphatic heterocycles. The van der Waals surface area contributed by atoms with Crippen LogP contribution in [-0.2, 0) is 13.0 Å². The first-order valence-electron chi connectivity index (χ1n) is 8.63. The summed E-state index contributed by atoms with van der Waals surface area (Å²) in [5.41, 5.74) is 1.67. The molecule has 0 bridgehead atoms. The molecule has 0 fully saturated rings. The van der Waals surface area contributed by atoms with Gasteiger partial charge in [0.25, 0.3) is 0 Å². The smallest absolute Gasteiger partial charge is 0.193 e. The SMILES string of the molecule is CCNC(=NCCc1cccc(OC)c1O)N(C)Cc1cccc(F)c1.